The number of para-hydroxylation sites is 1. The van der Waals surface area contributed by atoms with Gasteiger partial charge < -0.3 is 15.8 Å². The quantitative estimate of drug-likeness (QED) is 0.441. The number of hydrogen-bond acceptors (Lipinski definition) is 5. The molecule has 3 aromatic carbocycles. The summed E-state index contributed by atoms with van der Waals surface area (Å²) in [6, 6.07) is 18.3. The van der Waals surface area contributed by atoms with E-state index in [1.165, 1.54) is 10.4 Å². The lowest BCUT2D eigenvalue weighted by molar-refractivity contribution is 0.0994. The number of nitrogens with two attached hydrogens (primary N) is 1. The van der Waals surface area contributed by atoms with E-state index in [1.54, 1.807) is 81.4 Å². The van der Waals surface area contributed by atoms with Gasteiger partial charge in [0.25, 0.3) is 11.8 Å². The summed E-state index contributed by atoms with van der Waals surface area (Å²) in [6.45, 7) is 6.13. The number of carbonyl (C=O) groups excluding carboxylic acids is 2. The molecule has 3 N–H and O–H groups in total. The lowest BCUT2D eigenvalue weighted by Crippen LogP contribution is -2.31. The molecule has 35 heavy (non-hydrogen) atoms. The van der Waals surface area contributed by atoms with Gasteiger partial charge in [-0.3, -0.25) is 9.59 Å². The highest BCUT2D eigenvalue weighted by Gasteiger charge is 2.24. The van der Waals surface area contributed by atoms with E-state index in [4.69, 9.17) is 10.5 Å². The van der Waals surface area contributed by atoms with Crippen molar-refractivity contribution in [2.45, 2.75) is 32.3 Å². The number of amides is 2. The Hall–Kier alpha value is -3.69. The number of primary amides is 1. The Balaban J connectivity index is 1.77. The van der Waals surface area contributed by atoms with E-state index in [0.717, 1.165) is 0 Å². The summed E-state index contributed by atoms with van der Waals surface area (Å²) < 4.78 is 33.1. The van der Waals surface area contributed by atoms with Gasteiger partial charge in [0.1, 0.15) is 12.4 Å². The van der Waals surface area contributed by atoms with Gasteiger partial charge in [0.15, 0.2) is 0 Å². The average molecular weight is 496 g/mol. The molecule has 9 heteroatoms. The molecule has 0 aliphatic heterocycles. The number of carbonyl (C=O) groups is 2. The number of hydrogen-bond donors (Lipinski definition) is 2. The van der Waals surface area contributed by atoms with Gasteiger partial charge in [-0.15, -0.1) is 0 Å². The Kier molecular flexibility index (Phi) is 8.26. The van der Waals surface area contributed by atoms with Crippen molar-refractivity contribution in [2.75, 3.05) is 18.4 Å². The van der Waals surface area contributed by atoms with E-state index in [0.29, 0.717) is 41.2 Å². The van der Waals surface area contributed by atoms with Gasteiger partial charge in [0, 0.05) is 24.3 Å². The molecule has 0 unspecified atom stereocenters. The van der Waals surface area contributed by atoms with Gasteiger partial charge in [-0.05, 0) is 54.4 Å². The summed E-state index contributed by atoms with van der Waals surface area (Å²) in [4.78, 5) is 24.6. The zero-order valence-electron chi connectivity index (χ0n) is 19.9. The second kappa shape index (κ2) is 11.2. The summed E-state index contributed by atoms with van der Waals surface area (Å²) in [5.74, 6) is -0.620. The third-order valence-corrected chi connectivity index (χ3v) is 7.70. The number of benzene rings is 3. The minimum absolute atomic E-state index is 0.127. The van der Waals surface area contributed by atoms with Gasteiger partial charge in [-0.25, -0.2) is 8.42 Å². The molecular weight excluding hydrogens is 466 g/mol. The second-order valence-electron chi connectivity index (χ2n) is 7.87. The van der Waals surface area contributed by atoms with Crippen LogP contribution in [-0.4, -0.2) is 37.6 Å². The van der Waals surface area contributed by atoms with Crippen LogP contribution in [0.4, 0.5) is 5.69 Å². The molecule has 2 amide bonds. The highest BCUT2D eigenvalue weighted by Crippen LogP contribution is 2.24. The van der Waals surface area contributed by atoms with E-state index in [1.807, 2.05) is 0 Å². The molecule has 0 atom stereocenters. The molecule has 0 aliphatic rings. The summed E-state index contributed by atoms with van der Waals surface area (Å²) >= 11 is 0. The van der Waals surface area contributed by atoms with E-state index in [-0.39, 0.29) is 23.0 Å². The fraction of sp³-hybridized carbons (Fsp3) is 0.231. The van der Waals surface area contributed by atoms with Crippen LogP contribution in [0.25, 0.3) is 0 Å². The first-order valence-electron chi connectivity index (χ1n) is 11.2. The van der Waals surface area contributed by atoms with Crippen molar-refractivity contribution in [2.24, 2.45) is 5.73 Å². The Labute approximate surface area is 205 Å². The molecule has 0 spiro atoms. The van der Waals surface area contributed by atoms with E-state index >= 15 is 0 Å². The molecule has 0 saturated heterocycles. The maximum absolute atomic E-state index is 13.0. The van der Waals surface area contributed by atoms with Crippen LogP contribution in [0.1, 0.15) is 45.7 Å². The zero-order valence-corrected chi connectivity index (χ0v) is 20.8. The minimum atomic E-state index is -3.67. The van der Waals surface area contributed by atoms with Crippen molar-refractivity contribution >= 4 is 27.5 Å². The molecule has 184 valence electrons. The van der Waals surface area contributed by atoms with Crippen LogP contribution >= 0.6 is 0 Å². The highest BCUT2D eigenvalue weighted by molar-refractivity contribution is 7.89. The van der Waals surface area contributed by atoms with Crippen molar-refractivity contribution in [3.05, 3.63) is 89.0 Å². The molecule has 0 aliphatic carbocycles. The second-order valence-corrected chi connectivity index (χ2v) is 9.78. The van der Waals surface area contributed by atoms with Crippen LogP contribution in [0, 0.1) is 6.92 Å². The predicted molar refractivity (Wildman–Crippen MR) is 135 cm³/mol. The average Bonchev–Trinajstić information content (AvgIpc) is 2.84. The van der Waals surface area contributed by atoms with Gasteiger partial charge in [0.2, 0.25) is 10.0 Å². The first-order chi connectivity index (χ1) is 16.7. The number of nitrogens with one attached hydrogen (secondary N) is 1. The SMILES string of the molecule is CCN(CC)S(=O)(=O)c1cc(NC(=O)c2cccc(COc3ccccc3C(N)=O)c2)ccc1C. The maximum atomic E-state index is 13.0. The van der Waals surface area contributed by atoms with Crippen molar-refractivity contribution in [3.8, 4) is 5.75 Å². The van der Waals surface area contributed by atoms with Gasteiger partial charge in [-0.1, -0.05) is 44.2 Å². The molecule has 8 nitrogen and oxygen atoms in total. The van der Waals surface area contributed by atoms with Crippen molar-refractivity contribution in [3.63, 3.8) is 0 Å². The topological polar surface area (TPSA) is 119 Å². The predicted octanol–water partition coefficient (Wildman–Crippen LogP) is 3.96. The highest BCUT2D eigenvalue weighted by atomic mass is 32.2. The number of sulfonamides is 1. The fourth-order valence-corrected chi connectivity index (χ4v) is 5.33. The van der Waals surface area contributed by atoms with Crippen molar-refractivity contribution in [1.29, 1.82) is 0 Å². The minimum Gasteiger partial charge on any atom is -0.488 e. The summed E-state index contributed by atoms with van der Waals surface area (Å²) in [5, 5.41) is 2.77. The third-order valence-electron chi connectivity index (χ3n) is 5.51. The van der Waals surface area contributed by atoms with E-state index < -0.39 is 15.9 Å². The first kappa shape index (κ1) is 25.9. The van der Waals surface area contributed by atoms with Crippen LogP contribution in [0.2, 0.25) is 0 Å². The number of rotatable bonds is 10. The van der Waals surface area contributed by atoms with Crippen LogP contribution in [-0.2, 0) is 16.6 Å². The normalized spacial score (nSPS) is 11.3. The molecule has 0 fully saturated rings. The van der Waals surface area contributed by atoms with Gasteiger partial charge in [0.05, 0.1) is 10.5 Å². The number of anilines is 1. The first-order valence-corrected chi connectivity index (χ1v) is 12.6. The monoisotopic (exact) mass is 495 g/mol. The summed E-state index contributed by atoms with van der Waals surface area (Å²) in [7, 11) is -3.67. The molecule has 3 aromatic rings. The molecule has 3 rings (SSSR count). The molecule has 0 bridgehead atoms. The lowest BCUT2D eigenvalue weighted by Gasteiger charge is -2.20. The van der Waals surface area contributed by atoms with Gasteiger partial charge in [-0.2, -0.15) is 4.31 Å². The molecule has 0 aromatic heterocycles. The molecular formula is C26H29N3O5S. The van der Waals surface area contributed by atoms with E-state index in [2.05, 4.69) is 5.32 Å². The van der Waals surface area contributed by atoms with Gasteiger partial charge >= 0.3 is 0 Å². The molecule has 0 saturated carbocycles. The third kappa shape index (κ3) is 6.06. The number of nitrogens with zero attached hydrogens (tertiary/aromatic N) is 1. The molecule has 0 heterocycles. The standard InChI is InChI=1S/C26H29N3O5S/c1-4-29(5-2)35(32,33)24-16-21(14-13-18(24)3)28-26(31)20-10-8-9-19(15-20)17-34-23-12-7-6-11-22(23)25(27)30/h6-16H,4-5,17H2,1-3H3,(H2,27,30)(H,28,31). The number of aryl methyl sites for hydroxylation is 1. The Morgan fingerprint density at radius 3 is 2.37 bits per heavy atom. The summed E-state index contributed by atoms with van der Waals surface area (Å²) in [6.07, 6.45) is 0. The summed E-state index contributed by atoms with van der Waals surface area (Å²) in [5.41, 5.74) is 7.73. The number of ether oxygens (including phenoxy) is 1. The maximum Gasteiger partial charge on any atom is 0.255 e. The zero-order chi connectivity index (χ0) is 25.6. The van der Waals surface area contributed by atoms with Crippen LogP contribution in [0.5, 0.6) is 5.75 Å². The lowest BCUT2D eigenvalue weighted by atomic mass is 10.1. The molecule has 0 radical (unpaired) electrons. The Morgan fingerprint density at radius 2 is 1.69 bits per heavy atom. The van der Waals surface area contributed by atoms with Crippen molar-refractivity contribution in [1.82, 2.24) is 4.31 Å². The fourth-order valence-electron chi connectivity index (χ4n) is 3.62. The largest absolute Gasteiger partial charge is 0.488 e. The van der Waals surface area contributed by atoms with Crippen LogP contribution in [0.3, 0.4) is 0 Å². The smallest absolute Gasteiger partial charge is 0.255 e. The van der Waals surface area contributed by atoms with Crippen LogP contribution < -0.4 is 15.8 Å². The van der Waals surface area contributed by atoms with Crippen LogP contribution in [0.15, 0.2) is 71.6 Å². The Bertz CT molecular complexity index is 1330. The Morgan fingerprint density at radius 1 is 0.971 bits per heavy atom. The van der Waals surface area contributed by atoms with Crippen molar-refractivity contribution < 1.29 is 22.7 Å². The van der Waals surface area contributed by atoms with E-state index in [9.17, 15) is 18.0 Å².